The van der Waals surface area contributed by atoms with E-state index in [9.17, 15) is 9.59 Å². The Kier molecular flexibility index (Phi) is 2.42. The number of carbonyl (C=O) groups is 2. The summed E-state index contributed by atoms with van der Waals surface area (Å²) in [5.41, 5.74) is 0.414. The number of hydrogen-bond donors (Lipinski definition) is 2. The Morgan fingerprint density at radius 2 is 1.87 bits per heavy atom. The summed E-state index contributed by atoms with van der Waals surface area (Å²) in [6.07, 6.45) is 2.55. The molecule has 0 aromatic rings. The average molecular weight is 213 g/mol. The van der Waals surface area contributed by atoms with Crippen molar-refractivity contribution in [2.45, 2.75) is 31.7 Å². The van der Waals surface area contributed by atoms with E-state index in [2.05, 4.69) is 0 Å². The van der Waals surface area contributed by atoms with E-state index in [1.807, 2.05) is 4.90 Å². The molecule has 2 aliphatic rings. The summed E-state index contributed by atoms with van der Waals surface area (Å²) in [5.74, 6) is -1.82. The lowest BCUT2D eigenvalue weighted by Crippen LogP contribution is -2.56. The summed E-state index contributed by atoms with van der Waals surface area (Å²) in [6.45, 7) is 1.67. The minimum absolute atomic E-state index is 0.0690. The van der Waals surface area contributed by atoms with Crippen molar-refractivity contribution in [1.82, 2.24) is 4.90 Å². The Bertz CT molecular complexity index is 290. The van der Waals surface area contributed by atoms with Crippen LogP contribution < -0.4 is 0 Å². The second-order valence-corrected chi connectivity index (χ2v) is 4.69. The third-order valence-corrected chi connectivity index (χ3v) is 3.39. The molecule has 84 valence electrons. The first kappa shape index (κ1) is 10.4. The summed E-state index contributed by atoms with van der Waals surface area (Å²) >= 11 is 0. The highest BCUT2D eigenvalue weighted by molar-refractivity contribution is 5.75. The van der Waals surface area contributed by atoms with Gasteiger partial charge in [-0.1, -0.05) is 0 Å². The highest BCUT2D eigenvalue weighted by Gasteiger charge is 2.54. The zero-order valence-corrected chi connectivity index (χ0v) is 8.48. The summed E-state index contributed by atoms with van der Waals surface area (Å²) in [6, 6.07) is -0.604. The third-order valence-electron chi connectivity index (χ3n) is 3.39. The van der Waals surface area contributed by atoms with Gasteiger partial charge in [0.25, 0.3) is 0 Å². The molecule has 1 saturated heterocycles. The standard InChI is InChI=1S/C10H15NO4/c12-8(13)2-1-7(9(14)15)11-5-10(6-11)3-4-10/h7H,1-6H2,(H,12,13)(H,14,15). The first-order valence-electron chi connectivity index (χ1n) is 5.21. The van der Waals surface area contributed by atoms with Gasteiger partial charge in [-0.2, -0.15) is 0 Å². The number of likely N-dealkylation sites (tertiary alicyclic amines) is 1. The molecule has 0 amide bonds. The summed E-state index contributed by atoms with van der Waals surface area (Å²) in [5, 5.41) is 17.5. The Morgan fingerprint density at radius 1 is 1.27 bits per heavy atom. The number of nitrogens with zero attached hydrogens (tertiary/aromatic N) is 1. The molecule has 1 unspecified atom stereocenters. The van der Waals surface area contributed by atoms with Gasteiger partial charge in [-0.05, 0) is 24.7 Å². The van der Waals surface area contributed by atoms with Crippen molar-refractivity contribution < 1.29 is 19.8 Å². The molecule has 0 bridgehead atoms. The van der Waals surface area contributed by atoms with E-state index in [1.54, 1.807) is 0 Å². The number of hydrogen-bond acceptors (Lipinski definition) is 3. The fourth-order valence-electron chi connectivity index (χ4n) is 2.25. The van der Waals surface area contributed by atoms with Crippen LogP contribution in [0.25, 0.3) is 0 Å². The molecule has 5 nitrogen and oxygen atoms in total. The lowest BCUT2D eigenvalue weighted by atomic mass is 9.93. The SMILES string of the molecule is O=C(O)CCC(C(=O)O)N1CC2(CC2)C1. The molecule has 1 aliphatic heterocycles. The molecule has 1 saturated carbocycles. The van der Waals surface area contributed by atoms with Crippen molar-refractivity contribution in [1.29, 1.82) is 0 Å². The lowest BCUT2D eigenvalue weighted by molar-refractivity contribution is -0.148. The van der Waals surface area contributed by atoms with Gasteiger partial charge in [-0.25, -0.2) is 0 Å². The molecule has 2 rings (SSSR count). The molecule has 0 aromatic heterocycles. The van der Waals surface area contributed by atoms with E-state index >= 15 is 0 Å². The van der Waals surface area contributed by atoms with Crippen LogP contribution in [0.15, 0.2) is 0 Å². The molecule has 1 aliphatic carbocycles. The second kappa shape index (κ2) is 3.48. The van der Waals surface area contributed by atoms with Crippen LogP contribution in [0.3, 0.4) is 0 Å². The number of rotatable bonds is 5. The molecular formula is C10H15NO4. The van der Waals surface area contributed by atoms with Crippen molar-refractivity contribution >= 4 is 11.9 Å². The van der Waals surface area contributed by atoms with Crippen LogP contribution in [-0.2, 0) is 9.59 Å². The molecule has 5 heteroatoms. The van der Waals surface area contributed by atoms with Crippen LogP contribution >= 0.6 is 0 Å². The van der Waals surface area contributed by atoms with Crippen molar-refractivity contribution in [3.63, 3.8) is 0 Å². The lowest BCUT2D eigenvalue weighted by Gasteiger charge is -2.43. The van der Waals surface area contributed by atoms with Crippen molar-refractivity contribution in [3.8, 4) is 0 Å². The molecule has 2 fully saturated rings. The molecule has 1 spiro atoms. The van der Waals surface area contributed by atoms with Crippen LogP contribution in [0.1, 0.15) is 25.7 Å². The molecule has 2 N–H and O–H groups in total. The van der Waals surface area contributed by atoms with Crippen molar-refractivity contribution in [2.24, 2.45) is 5.41 Å². The highest BCUT2D eigenvalue weighted by atomic mass is 16.4. The Hall–Kier alpha value is -1.10. The maximum atomic E-state index is 10.9. The monoisotopic (exact) mass is 213 g/mol. The average Bonchev–Trinajstić information content (AvgIpc) is 2.81. The molecule has 1 heterocycles. The van der Waals surface area contributed by atoms with Crippen LogP contribution in [0.2, 0.25) is 0 Å². The second-order valence-electron chi connectivity index (χ2n) is 4.69. The predicted molar refractivity (Wildman–Crippen MR) is 51.5 cm³/mol. The summed E-state index contributed by atoms with van der Waals surface area (Å²) in [7, 11) is 0. The Morgan fingerprint density at radius 3 is 2.27 bits per heavy atom. The zero-order chi connectivity index (χ0) is 11.1. The topological polar surface area (TPSA) is 77.8 Å². The fraction of sp³-hybridized carbons (Fsp3) is 0.800. The van der Waals surface area contributed by atoms with Gasteiger partial charge >= 0.3 is 11.9 Å². The van der Waals surface area contributed by atoms with Gasteiger partial charge < -0.3 is 10.2 Å². The quantitative estimate of drug-likeness (QED) is 0.691. The highest BCUT2D eigenvalue weighted by Crippen LogP contribution is 2.53. The maximum Gasteiger partial charge on any atom is 0.320 e. The van der Waals surface area contributed by atoms with Crippen LogP contribution in [-0.4, -0.2) is 46.2 Å². The van der Waals surface area contributed by atoms with Gasteiger partial charge in [-0.3, -0.25) is 14.5 Å². The van der Waals surface area contributed by atoms with Crippen molar-refractivity contribution in [3.05, 3.63) is 0 Å². The molecule has 1 atom stereocenters. The van der Waals surface area contributed by atoms with Gasteiger partial charge in [0, 0.05) is 19.5 Å². The Balaban J connectivity index is 1.83. The smallest absolute Gasteiger partial charge is 0.320 e. The van der Waals surface area contributed by atoms with Crippen LogP contribution in [0, 0.1) is 5.41 Å². The number of carboxylic acids is 2. The number of carboxylic acid groups (broad SMARTS) is 2. The normalized spacial score (nSPS) is 24.5. The van der Waals surface area contributed by atoms with E-state index < -0.39 is 18.0 Å². The van der Waals surface area contributed by atoms with E-state index in [4.69, 9.17) is 10.2 Å². The third kappa shape index (κ3) is 2.12. The number of aliphatic carboxylic acids is 2. The molecule has 0 aromatic carbocycles. The van der Waals surface area contributed by atoms with Gasteiger partial charge in [0.1, 0.15) is 6.04 Å². The van der Waals surface area contributed by atoms with Gasteiger partial charge in [-0.15, -0.1) is 0 Å². The summed E-state index contributed by atoms with van der Waals surface area (Å²) in [4.78, 5) is 23.2. The summed E-state index contributed by atoms with van der Waals surface area (Å²) < 4.78 is 0. The largest absolute Gasteiger partial charge is 0.481 e. The fourth-order valence-corrected chi connectivity index (χ4v) is 2.25. The zero-order valence-electron chi connectivity index (χ0n) is 8.48. The van der Waals surface area contributed by atoms with E-state index in [-0.39, 0.29) is 12.8 Å². The Labute approximate surface area is 87.7 Å². The first-order valence-corrected chi connectivity index (χ1v) is 5.21. The van der Waals surface area contributed by atoms with Crippen LogP contribution in [0.5, 0.6) is 0 Å². The minimum Gasteiger partial charge on any atom is -0.481 e. The molecule has 0 radical (unpaired) electrons. The minimum atomic E-state index is -0.928. The van der Waals surface area contributed by atoms with Crippen LogP contribution in [0.4, 0.5) is 0 Å². The van der Waals surface area contributed by atoms with Crippen molar-refractivity contribution in [2.75, 3.05) is 13.1 Å². The first-order chi connectivity index (χ1) is 7.02. The van der Waals surface area contributed by atoms with Gasteiger partial charge in [0.15, 0.2) is 0 Å². The van der Waals surface area contributed by atoms with E-state index in [1.165, 1.54) is 12.8 Å². The van der Waals surface area contributed by atoms with E-state index in [0.29, 0.717) is 5.41 Å². The van der Waals surface area contributed by atoms with Gasteiger partial charge in [0.05, 0.1) is 0 Å². The van der Waals surface area contributed by atoms with E-state index in [0.717, 1.165) is 13.1 Å². The maximum absolute atomic E-state index is 10.9. The predicted octanol–water partition coefficient (Wildman–Crippen LogP) is 0.400. The van der Waals surface area contributed by atoms with Gasteiger partial charge in [0.2, 0.25) is 0 Å². The molecular weight excluding hydrogens is 198 g/mol. The molecule has 15 heavy (non-hydrogen) atoms.